The topological polar surface area (TPSA) is 34.1 Å². The molecule has 0 unspecified atom stereocenters. The molecule has 11 heavy (non-hydrogen) atoms. The fourth-order valence-electron chi connectivity index (χ4n) is 1.22. The Morgan fingerprint density at radius 3 is 2.27 bits per heavy atom. The summed E-state index contributed by atoms with van der Waals surface area (Å²) in [5.74, 6) is 1.58. The molecule has 66 valence electrons. The first-order valence-electron chi connectivity index (χ1n) is 4.20. The fraction of sp³-hybridized carbons (Fsp3) is 1.00. The molecule has 1 fully saturated rings. The molecule has 0 heterocycles. The summed E-state index contributed by atoms with van der Waals surface area (Å²) in [5.41, 5.74) is 0. The maximum Gasteiger partial charge on any atom is 0.150 e. The standard InChI is InChI=1S/C8H16O2S/c1-7(2)5-11(9,10)6-8-3-4-8/h7-8H,3-6H2,1-2H3. The maximum absolute atomic E-state index is 11.3. The molecule has 2 nitrogen and oxygen atoms in total. The minimum Gasteiger partial charge on any atom is -0.229 e. The van der Waals surface area contributed by atoms with E-state index in [2.05, 4.69) is 0 Å². The van der Waals surface area contributed by atoms with E-state index in [1.165, 1.54) is 0 Å². The Morgan fingerprint density at radius 2 is 1.91 bits per heavy atom. The third kappa shape index (κ3) is 3.75. The van der Waals surface area contributed by atoms with Crippen LogP contribution in [-0.4, -0.2) is 19.9 Å². The zero-order valence-electron chi connectivity index (χ0n) is 7.21. The minimum atomic E-state index is -2.72. The first-order valence-corrected chi connectivity index (χ1v) is 6.02. The molecule has 0 aliphatic heterocycles. The van der Waals surface area contributed by atoms with E-state index in [-0.39, 0.29) is 5.92 Å². The van der Waals surface area contributed by atoms with Gasteiger partial charge in [0.25, 0.3) is 0 Å². The predicted molar refractivity (Wildman–Crippen MR) is 46.2 cm³/mol. The molecule has 0 atom stereocenters. The van der Waals surface area contributed by atoms with Crippen molar-refractivity contribution >= 4 is 9.84 Å². The van der Waals surface area contributed by atoms with Crippen LogP contribution in [0, 0.1) is 11.8 Å². The van der Waals surface area contributed by atoms with Gasteiger partial charge in [0.15, 0.2) is 9.84 Å². The Hall–Kier alpha value is -0.0500. The van der Waals surface area contributed by atoms with Gasteiger partial charge in [-0.1, -0.05) is 13.8 Å². The van der Waals surface area contributed by atoms with Gasteiger partial charge < -0.3 is 0 Å². The molecule has 0 aromatic rings. The molecule has 0 N–H and O–H groups in total. The van der Waals surface area contributed by atoms with E-state index in [4.69, 9.17) is 0 Å². The van der Waals surface area contributed by atoms with Crippen LogP contribution in [0.4, 0.5) is 0 Å². The molecule has 1 aliphatic rings. The van der Waals surface area contributed by atoms with Crippen molar-refractivity contribution in [1.82, 2.24) is 0 Å². The van der Waals surface area contributed by atoms with Crippen LogP contribution in [0.2, 0.25) is 0 Å². The van der Waals surface area contributed by atoms with Crippen LogP contribution < -0.4 is 0 Å². The summed E-state index contributed by atoms with van der Waals surface area (Å²) in [6.07, 6.45) is 2.24. The molecule has 1 aliphatic carbocycles. The summed E-state index contributed by atoms with van der Waals surface area (Å²) >= 11 is 0. The highest BCUT2D eigenvalue weighted by molar-refractivity contribution is 7.91. The van der Waals surface area contributed by atoms with Crippen LogP contribution >= 0.6 is 0 Å². The van der Waals surface area contributed by atoms with Gasteiger partial charge in [-0.3, -0.25) is 0 Å². The third-order valence-corrected chi connectivity index (χ3v) is 3.93. The van der Waals surface area contributed by atoms with Crippen molar-refractivity contribution in [2.75, 3.05) is 11.5 Å². The van der Waals surface area contributed by atoms with E-state index in [1.807, 2.05) is 13.8 Å². The fourth-order valence-corrected chi connectivity index (χ4v) is 3.42. The van der Waals surface area contributed by atoms with E-state index in [9.17, 15) is 8.42 Å². The summed E-state index contributed by atoms with van der Waals surface area (Å²) in [4.78, 5) is 0. The van der Waals surface area contributed by atoms with Gasteiger partial charge in [-0.2, -0.15) is 0 Å². The van der Waals surface area contributed by atoms with Crippen LogP contribution in [0.3, 0.4) is 0 Å². The van der Waals surface area contributed by atoms with Crippen molar-refractivity contribution in [3.8, 4) is 0 Å². The molecule has 0 saturated heterocycles. The summed E-state index contributed by atoms with van der Waals surface area (Å²) in [7, 11) is -2.72. The molecular formula is C8H16O2S. The highest BCUT2D eigenvalue weighted by atomic mass is 32.2. The van der Waals surface area contributed by atoms with E-state index in [0.717, 1.165) is 12.8 Å². The predicted octanol–water partition coefficient (Wildman–Crippen LogP) is 1.47. The molecular weight excluding hydrogens is 160 g/mol. The van der Waals surface area contributed by atoms with Crippen LogP contribution in [0.25, 0.3) is 0 Å². The zero-order chi connectivity index (χ0) is 8.48. The Labute approximate surface area is 68.9 Å². The van der Waals surface area contributed by atoms with Gasteiger partial charge in [0.2, 0.25) is 0 Å². The molecule has 0 aromatic carbocycles. The Kier molecular flexibility index (Phi) is 2.58. The molecule has 0 spiro atoms. The van der Waals surface area contributed by atoms with Crippen molar-refractivity contribution in [3.63, 3.8) is 0 Å². The monoisotopic (exact) mass is 176 g/mol. The number of rotatable bonds is 4. The quantitative estimate of drug-likeness (QED) is 0.650. The van der Waals surface area contributed by atoms with Crippen molar-refractivity contribution < 1.29 is 8.42 Å². The van der Waals surface area contributed by atoms with Gasteiger partial charge >= 0.3 is 0 Å². The summed E-state index contributed by atoms with van der Waals surface area (Å²) in [6.45, 7) is 3.90. The first kappa shape index (κ1) is 9.04. The molecule has 1 saturated carbocycles. The highest BCUT2D eigenvalue weighted by Crippen LogP contribution is 2.30. The average Bonchev–Trinajstić information content (AvgIpc) is 2.43. The Bertz CT molecular complexity index is 202. The number of sulfone groups is 1. The van der Waals surface area contributed by atoms with Gasteiger partial charge in [-0.15, -0.1) is 0 Å². The molecule has 0 bridgehead atoms. The van der Waals surface area contributed by atoms with Gasteiger partial charge in [0.1, 0.15) is 0 Å². The molecule has 0 radical (unpaired) electrons. The maximum atomic E-state index is 11.3. The summed E-state index contributed by atoms with van der Waals surface area (Å²) in [5, 5.41) is 0. The minimum absolute atomic E-state index is 0.277. The average molecular weight is 176 g/mol. The van der Waals surface area contributed by atoms with Gasteiger partial charge in [-0.05, 0) is 24.7 Å². The van der Waals surface area contributed by atoms with E-state index < -0.39 is 9.84 Å². The van der Waals surface area contributed by atoms with Crippen molar-refractivity contribution in [2.24, 2.45) is 11.8 Å². The lowest BCUT2D eigenvalue weighted by molar-refractivity contribution is 0.579. The van der Waals surface area contributed by atoms with Gasteiger partial charge in [-0.25, -0.2) is 8.42 Å². The van der Waals surface area contributed by atoms with E-state index >= 15 is 0 Å². The molecule has 1 rings (SSSR count). The lowest BCUT2D eigenvalue weighted by Crippen LogP contribution is -2.16. The highest BCUT2D eigenvalue weighted by Gasteiger charge is 2.28. The van der Waals surface area contributed by atoms with Gasteiger partial charge in [0.05, 0.1) is 11.5 Å². The van der Waals surface area contributed by atoms with E-state index in [1.54, 1.807) is 0 Å². The second-order valence-corrected chi connectivity index (χ2v) is 6.07. The van der Waals surface area contributed by atoms with E-state index in [0.29, 0.717) is 17.4 Å². The largest absolute Gasteiger partial charge is 0.229 e. The van der Waals surface area contributed by atoms with Crippen molar-refractivity contribution in [3.05, 3.63) is 0 Å². The smallest absolute Gasteiger partial charge is 0.150 e. The molecule has 0 amide bonds. The first-order chi connectivity index (χ1) is 4.99. The second-order valence-electron chi connectivity index (χ2n) is 3.91. The van der Waals surface area contributed by atoms with Crippen molar-refractivity contribution in [1.29, 1.82) is 0 Å². The normalized spacial score (nSPS) is 19.2. The Balaban J connectivity index is 2.38. The van der Waals surface area contributed by atoms with Crippen LogP contribution in [0.1, 0.15) is 26.7 Å². The number of hydrogen-bond acceptors (Lipinski definition) is 2. The summed E-state index contributed by atoms with van der Waals surface area (Å²) < 4.78 is 22.6. The van der Waals surface area contributed by atoms with Gasteiger partial charge in [0, 0.05) is 0 Å². The molecule has 3 heteroatoms. The summed E-state index contributed by atoms with van der Waals surface area (Å²) in [6, 6.07) is 0. The second kappa shape index (κ2) is 3.13. The molecule has 0 aromatic heterocycles. The number of hydrogen-bond donors (Lipinski definition) is 0. The van der Waals surface area contributed by atoms with Crippen LogP contribution in [-0.2, 0) is 9.84 Å². The van der Waals surface area contributed by atoms with Crippen molar-refractivity contribution in [2.45, 2.75) is 26.7 Å². The lowest BCUT2D eigenvalue weighted by atomic mass is 10.3. The SMILES string of the molecule is CC(C)CS(=O)(=O)CC1CC1. The zero-order valence-corrected chi connectivity index (χ0v) is 8.02. The van der Waals surface area contributed by atoms with Crippen LogP contribution in [0.5, 0.6) is 0 Å². The van der Waals surface area contributed by atoms with Crippen LogP contribution in [0.15, 0.2) is 0 Å². The third-order valence-electron chi connectivity index (χ3n) is 1.77. The Morgan fingerprint density at radius 1 is 1.36 bits per heavy atom. The lowest BCUT2D eigenvalue weighted by Gasteiger charge is -2.04.